The second-order valence-corrected chi connectivity index (χ2v) is 6.12. The minimum Gasteiger partial charge on any atom is -0.493 e. The smallest absolute Gasteiger partial charge is 0.203 e. The summed E-state index contributed by atoms with van der Waals surface area (Å²) in [6, 6.07) is 12.3. The van der Waals surface area contributed by atoms with E-state index < -0.39 is 0 Å². The molecule has 132 valence electrons. The predicted molar refractivity (Wildman–Crippen MR) is 103 cm³/mol. The first-order valence-electron chi connectivity index (χ1n) is 8.33. The van der Waals surface area contributed by atoms with Crippen LogP contribution in [0.4, 0.5) is 0 Å². The van der Waals surface area contributed by atoms with Crippen molar-refractivity contribution >= 4 is 21.8 Å². The molecule has 0 radical (unpaired) electrons. The maximum atomic E-state index is 5.48. The molecule has 4 rings (SSSR count). The van der Waals surface area contributed by atoms with Crippen LogP contribution in [0.5, 0.6) is 17.2 Å². The van der Waals surface area contributed by atoms with Crippen LogP contribution in [0.3, 0.4) is 0 Å². The Morgan fingerprint density at radius 1 is 0.808 bits per heavy atom. The molecule has 2 aromatic heterocycles. The summed E-state index contributed by atoms with van der Waals surface area (Å²) >= 11 is 0. The highest BCUT2D eigenvalue weighted by atomic mass is 16.5. The normalized spacial score (nSPS) is 11.1. The Labute approximate surface area is 151 Å². The summed E-state index contributed by atoms with van der Waals surface area (Å²) in [5, 5.41) is 2.33. The van der Waals surface area contributed by atoms with Crippen molar-refractivity contribution in [2.24, 2.45) is 0 Å². The Bertz CT molecular complexity index is 1090. The summed E-state index contributed by atoms with van der Waals surface area (Å²) in [6.07, 6.45) is 1.84. The summed E-state index contributed by atoms with van der Waals surface area (Å²) < 4.78 is 16.4. The number of nitrogens with one attached hydrogen (secondary N) is 1. The third-order valence-corrected chi connectivity index (χ3v) is 4.71. The third kappa shape index (κ3) is 2.44. The number of ether oxygens (including phenoxy) is 3. The maximum absolute atomic E-state index is 5.48. The molecule has 0 amide bonds. The first kappa shape index (κ1) is 16.3. The summed E-state index contributed by atoms with van der Waals surface area (Å²) in [5.74, 6) is 1.87. The van der Waals surface area contributed by atoms with Gasteiger partial charge in [-0.25, -0.2) is 0 Å². The Balaban J connectivity index is 1.94. The number of aryl methyl sites for hydroxylation is 1. The predicted octanol–water partition coefficient (Wildman–Crippen LogP) is 4.72. The van der Waals surface area contributed by atoms with Crippen molar-refractivity contribution in [3.8, 4) is 28.4 Å². The fourth-order valence-electron chi connectivity index (χ4n) is 3.39. The fraction of sp³-hybridized carbons (Fsp3) is 0.190. The van der Waals surface area contributed by atoms with Gasteiger partial charge in [0.25, 0.3) is 0 Å². The molecular weight excluding hydrogens is 328 g/mol. The standard InChI is InChI=1S/C21H20N2O3/c1-12-20-15(7-8-22-12)16-9-13(5-6-17(16)23-20)14-10-18(24-2)21(26-4)19(11-14)25-3/h5-11,23H,1-4H3. The molecule has 1 N–H and O–H groups in total. The number of pyridine rings is 1. The lowest BCUT2D eigenvalue weighted by Crippen LogP contribution is -1.95. The average Bonchev–Trinajstić information content (AvgIpc) is 3.06. The van der Waals surface area contributed by atoms with Crippen molar-refractivity contribution in [3.05, 3.63) is 48.3 Å². The van der Waals surface area contributed by atoms with Gasteiger partial charge in [0.2, 0.25) is 5.75 Å². The molecule has 5 nitrogen and oxygen atoms in total. The van der Waals surface area contributed by atoms with Gasteiger partial charge in [-0.2, -0.15) is 0 Å². The lowest BCUT2D eigenvalue weighted by Gasteiger charge is -2.14. The lowest BCUT2D eigenvalue weighted by atomic mass is 10.0. The van der Waals surface area contributed by atoms with Gasteiger partial charge in [0, 0.05) is 22.5 Å². The van der Waals surface area contributed by atoms with Crippen LogP contribution in [0.2, 0.25) is 0 Å². The van der Waals surface area contributed by atoms with Crippen molar-refractivity contribution in [2.45, 2.75) is 6.92 Å². The van der Waals surface area contributed by atoms with Crippen molar-refractivity contribution in [1.82, 2.24) is 9.97 Å². The molecule has 0 fully saturated rings. The molecule has 5 heteroatoms. The van der Waals surface area contributed by atoms with Crippen molar-refractivity contribution in [3.63, 3.8) is 0 Å². The van der Waals surface area contributed by atoms with Crippen LogP contribution in [0, 0.1) is 6.92 Å². The Kier molecular flexibility index (Phi) is 3.92. The van der Waals surface area contributed by atoms with Gasteiger partial charge in [-0.15, -0.1) is 0 Å². The zero-order valence-corrected chi connectivity index (χ0v) is 15.2. The number of rotatable bonds is 4. The molecule has 0 aliphatic carbocycles. The van der Waals surface area contributed by atoms with Gasteiger partial charge >= 0.3 is 0 Å². The number of aromatic nitrogens is 2. The van der Waals surface area contributed by atoms with Crippen LogP contribution in [-0.4, -0.2) is 31.3 Å². The zero-order chi connectivity index (χ0) is 18.3. The quantitative estimate of drug-likeness (QED) is 0.580. The van der Waals surface area contributed by atoms with E-state index in [2.05, 4.69) is 28.2 Å². The molecule has 0 spiro atoms. The molecule has 0 aliphatic heterocycles. The van der Waals surface area contributed by atoms with E-state index in [1.807, 2.05) is 31.3 Å². The van der Waals surface area contributed by atoms with Crippen LogP contribution in [-0.2, 0) is 0 Å². The van der Waals surface area contributed by atoms with E-state index in [9.17, 15) is 0 Å². The molecule has 2 aromatic carbocycles. The number of hydrogen-bond acceptors (Lipinski definition) is 4. The minimum atomic E-state index is 0.591. The van der Waals surface area contributed by atoms with E-state index in [1.165, 1.54) is 5.39 Å². The molecule has 0 bridgehead atoms. The molecule has 0 atom stereocenters. The SMILES string of the molecule is COc1cc(-c2ccc3[nH]c4c(C)nccc4c3c2)cc(OC)c1OC. The van der Waals surface area contributed by atoms with E-state index in [0.29, 0.717) is 17.2 Å². The van der Waals surface area contributed by atoms with E-state index in [1.54, 1.807) is 21.3 Å². The second-order valence-electron chi connectivity index (χ2n) is 6.12. The molecule has 0 unspecified atom stereocenters. The van der Waals surface area contributed by atoms with Crippen LogP contribution in [0.25, 0.3) is 32.9 Å². The van der Waals surface area contributed by atoms with Gasteiger partial charge in [-0.1, -0.05) is 6.07 Å². The first-order chi connectivity index (χ1) is 12.7. The maximum Gasteiger partial charge on any atom is 0.203 e. The number of H-pyrrole nitrogens is 1. The summed E-state index contributed by atoms with van der Waals surface area (Å²) in [4.78, 5) is 7.83. The summed E-state index contributed by atoms with van der Waals surface area (Å²) in [7, 11) is 4.85. The van der Waals surface area contributed by atoms with Crippen LogP contribution in [0.15, 0.2) is 42.6 Å². The topological polar surface area (TPSA) is 56.4 Å². The van der Waals surface area contributed by atoms with Gasteiger partial charge < -0.3 is 19.2 Å². The highest BCUT2D eigenvalue weighted by Crippen LogP contribution is 2.42. The molecular formula is C21H20N2O3. The van der Waals surface area contributed by atoms with E-state index >= 15 is 0 Å². The highest BCUT2D eigenvalue weighted by Gasteiger charge is 2.15. The number of nitrogens with zero attached hydrogens (tertiary/aromatic N) is 1. The van der Waals surface area contributed by atoms with Gasteiger partial charge in [-0.05, 0) is 48.4 Å². The van der Waals surface area contributed by atoms with E-state index in [4.69, 9.17) is 14.2 Å². The van der Waals surface area contributed by atoms with Crippen molar-refractivity contribution < 1.29 is 14.2 Å². The number of hydrogen-bond donors (Lipinski definition) is 1. The molecule has 0 aliphatic rings. The Morgan fingerprint density at radius 3 is 2.19 bits per heavy atom. The highest BCUT2D eigenvalue weighted by molar-refractivity contribution is 6.09. The molecule has 2 heterocycles. The molecule has 4 aromatic rings. The van der Waals surface area contributed by atoms with Crippen molar-refractivity contribution in [2.75, 3.05) is 21.3 Å². The van der Waals surface area contributed by atoms with Gasteiger partial charge in [-0.3, -0.25) is 4.98 Å². The fourth-order valence-corrected chi connectivity index (χ4v) is 3.39. The molecule has 0 saturated carbocycles. The summed E-state index contributed by atoms with van der Waals surface area (Å²) in [5.41, 5.74) is 5.23. The zero-order valence-electron chi connectivity index (χ0n) is 15.2. The van der Waals surface area contributed by atoms with Crippen LogP contribution >= 0.6 is 0 Å². The second kappa shape index (κ2) is 6.26. The number of methoxy groups -OCH3 is 3. The van der Waals surface area contributed by atoms with Gasteiger partial charge in [0.15, 0.2) is 11.5 Å². The number of aromatic amines is 1. The van der Waals surface area contributed by atoms with E-state index in [0.717, 1.165) is 33.2 Å². The monoisotopic (exact) mass is 348 g/mol. The van der Waals surface area contributed by atoms with Gasteiger partial charge in [0.05, 0.1) is 32.5 Å². The molecule has 0 saturated heterocycles. The number of fused-ring (bicyclic) bond motifs is 3. The summed E-state index contributed by atoms with van der Waals surface area (Å²) in [6.45, 7) is 2.01. The third-order valence-electron chi connectivity index (χ3n) is 4.71. The van der Waals surface area contributed by atoms with Crippen LogP contribution < -0.4 is 14.2 Å². The van der Waals surface area contributed by atoms with Gasteiger partial charge in [0.1, 0.15) is 0 Å². The average molecular weight is 348 g/mol. The number of benzene rings is 2. The minimum absolute atomic E-state index is 0.591. The largest absolute Gasteiger partial charge is 0.493 e. The van der Waals surface area contributed by atoms with Crippen molar-refractivity contribution in [1.29, 1.82) is 0 Å². The Hall–Kier alpha value is -3.21. The Morgan fingerprint density at radius 2 is 1.54 bits per heavy atom. The first-order valence-corrected chi connectivity index (χ1v) is 8.33. The molecule has 26 heavy (non-hydrogen) atoms. The lowest BCUT2D eigenvalue weighted by molar-refractivity contribution is 0.324. The van der Waals surface area contributed by atoms with Crippen LogP contribution in [0.1, 0.15) is 5.69 Å². The van der Waals surface area contributed by atoms with E-state index in [-0.39, 0.29) is 0 Å².